The molecule has 1 aromatic rings. The Kier molecular flexibility index (Phi) is 2.78. The van der Waals surface area contributed by atoms with E-state index in [0.717, 1.165) is 0 Å². The van der Waals surface area contributed by atoms with Crippen molar-refractivity contribution in [3.63, 3.8) is 0 Å². The highest BCUT2D eigenvalue weighted by Gasteiger charge is 2.30. The van der Waals surface area contributed by atoms with E-state index in [1.807, 2.05) is 0 Å². The normalized spacial score (nSPS) is 16.2. The summed E-state index contributed by atoms with van der Waals surface area (Å²) in [4.78, 5) is 11.7. The maximum Gasteiger partial charge on any atom is 0.276 e. The summed E-state index contributed by atoms with van der Waals surface area (Å²) in [7, 11) is 3.47. The van der Waals surface area contributed by atoms with Crippen LogP contribution in [0.3, 0.4) is 0 Å². The summed E-state index contributed by atoms with van der Waals surface area (Å²) in [6, 6.07) is 3.29. The minimum Gasteiger partial charge on any atom is -0.319 e. The Hall–Kier alpha value is -1.26. The highest BCUT2D eigenvalue weighted by atomic mass is 35.5. The lowest BCUT2D eigenvalue weighted by Crippen LogP contribution is -2.18. The smallest absolute Gasteiger partial charge is 0.276 e. The zero-order chi connectivity index (χ0) is 11.9. The van der Waals surface area contributed by atoms with Crippen molar-refractivity contribution in [1.82, 2.24) is 5.01 Å². The third-order valence-corrected chi connectivity index (χ3v) is 2.72. The van der Waals surface area contributed by atoms with Crippen molar-refractivity contribution in [2.75, 3.05) is 19.4 Å². The van der Waals surface area contributed by atoms with Crippen LogP contribution in [0.5, 0.6) is 0 Å². The fourth-order valence-corrected chi connectivity index (χ4v) is 1.94. The third kappa shape index (κ3) is 1.74. The topological polar surface area (TPSA) is 44.7 Å². The Bertz CT molecular complexity index is 497. The van der Waals surface area contributed by atoms with Gasteiger partial charge in [-0.15, -0.1) is 0 Å². The number of nitrogens with zero attached hydrogens (tertiary/aromatic N) is 2. The number of benzene rings is 1. The molecule has 0 saturated heterocycles. The van der Waals surface area contributed by atoms with Crippen LogP contribution in [0.25, 0.3) is 0 Å². The monoisotopic (exact) mass is 257 g/mol. The molecule has 1 aliphatic heterocycles. The van der Waals surface area contributed by atoms with Crippen molar-refractivity contribution in [2.24, 2.45) is 5.10 Å². The summed E-state index contributed by atoms with van der Waals surface area (Å²) in [5, 5.41) is 9.20. The molecule has 6 heteroatoms. The van der Waals surface area contributed by atoms with Crippen LogP contribution in [0.15, 0.2) is 17.2 Å². The number of carbonyl (C=O) groups excluding carboxylic acids is 1. The van der Waals surface area contributed by atoms with Gasteiger partial charge in [-0.25, -0.2) is 0 Å². The maximum atomic E-state index is 11.7. The Morgan fingerprint density at radius 3 is 2.50 bits per heavy atom. The molecule has 1 aliphatic rings. The molecule has 1 amide bonds. The third-order valence-electron chi connectivity index (χ3n) is 2.09. The first-order chi connectivity index (χ1) is 7.50. The summed E-state index contributed by atoms with van der Waals surface area (Å²) in [5.41, 5.74) is 1.38. The lowest BCUT2D eigenvalue weighted by molar-refractivity contribution is -0.110. The first kappa shape index (κ1) is 11.2. The summed E-state index contributed by atoms with van der Waals surface area (Å²) in [6.45, 7) is 0. The summed E-state index contributed by atoms with van der Waals surface area (Å²) in [6.07, 6.45) is 0. The Morgan fingerprint density at radius 2 is 1.88 bits per heavy atom. The summed E-state index contributed by atoms with van der Waals surface area (Å²) < 4.78 is 0. The first-order valence-corrected chi connectivity index (χ1v) is 5.32. The number of nitrogens with one attached hydrogen (secondary N) is 1. The first-order valence-electron chi connectivity index (χ1n) is 4.56. The number of anilines is 1. The zero-order valence-corrected chi connectivity index (χ0v) is 10.2. The van der Waals surface area contributed by atoms with Crippen LogP contribution in [0, 0.1) is 0 Å². The molecule has 0 spiro atoms. The number of amides is 1. The van der Waals surface area contributed by atoms with Gasteiger partial charge in [0.1, 0.15) is 0 Å². The molecule has 16 heavy (non-hydrogen) atoms. The van der Waals surface area contributed by atoms with Crippen LogP contribution in [-0.4, -0.2) is 30.7 Å². The van der Waals surface area contributed by atoms with Crippen molar-refractivity contribution < 1.29 is 4.79 Å². The van der Waals surface area contributed by atoms with Gasteiger partial charge in [0, 0.05) is 14.1 Å². The van der Waals surface area contributed by atoms with Gasteiger partial charge in [-0.05, 0) is 12.1 Å². The lowest BCUT2D eigenvalue weighted by Gasteiger charge is -2.06. The quantitative estimate of drug-likeness (QED) is 0.785. The standard InChI is InChI=1S/C10H9Cl2N3O/c1-15(2)14-9-7-5(11)3-4-6(12)8(7)13-10(9)16/h3-4H,1-2H3,(H,13,14,16). The predicted molar refractivity (Wildman–Crippen MR) is 65.3 cm³/mol. The van der Waals surface area contributed by atoms with E-state index < -0.39 is 0 Å². The second-order valence-corrected chi connectivity index (χ2v) is 4.34. The van der Waals surface area contributed by atoms with Crippen molar-refractivity contribution in [3.05, 3.63) is 27.7 Å². The fraction of sp³-hybridized carbons (Fsp3) is 0.200. The van der Waals surface area contributed by atoms with Gasteiger partial charge in [0.25, 0.3) is 5.91 Å². The second kappa shape index (κ2) is 3.96. The molecule has 0 saturated carbocycles. The summed E-state index contributed by atoms with van der Waals surface area (Å²) in [5.74, 6) is -0.293. The fourth-order valence-electron chi connectivity index (χ4n) is 1.49. The van der Waals surface area contributed by atoms with Crippen LogP contribution in [0.1, 0.15) is 5.56 Å². The van der Waals surface area contributed by atoms with E-state index in [1.165, 1.54) is 0 Å². The number of carbonyl (C=O) groups is 1. The van der Waals surface area contributed by atoms with Gasteiger partial charge >= 0.3 is 0 Å². The minimum atomic E-state index is -0.293. The molecule has 0 aliphatic carbocycles. The zero-order valence-electron chi connectivity index (χ0n) is 8.71. The number of fused-ring (bicyclic) bond motifs is 1. The van der Waals surface area contributed by atoms with Crippen molar-refractivity contribution >= 4 is 40.5 Å². The summed E-state index contributed by atoms with van der Waals surface area (Å²) >= 11 is 12.0. The molecule has 0 bridgehead atoms. The number of hydrazone groups is 1. The molecule has 1 heterocycles. The van der Waals surface area contributed by atoms with E-state index in [0.29, 0.717) is 21.3 Å². The van der Waals surface area contributed by atoms with Crippen molar-refractivity contribution in [3.8, 4) is 0 Å². The van der Waals surface area contributed by atoms with E-state index in [9.17, 15) is 4.79 Å². The number of halogens is 2. The van der Waals surface area contributed by atoms with Crippen molar-refractivity contribution in [1.29, 1.82) is 0 Å². The molecule has 0 unspecified atom stereocenters. The molecule has 4 nitrogen and oxygen atoms in total. The molecule has 84 valence electrons. The van der Waals surface area contributed by atoms with E-state index in [2.05, 4.69) is 10.4 Å². The predicted octanol–water partition coefficient (Wildman–Crippen LogP) is 2.21. The Labute approximate surface area is 103 Å². The molecular formula is C10H9Cl2N3O. The highest BCUT2D eigenvalue weighted by molar-refractivity contribution is 6.58. The van der Waals surface area contributed by atoms with E-state index in [-0.39, 0.29) is 11.6 Å². The van der Waals surface area contributed by atoms with Gasteiger partial charge in [-0.3, -0.25) is 4.79 Å². The van der Waals surface area contributed by atoms with Crippen LogP contribution in [0.4, 0.5) is 5.69 Å². The van der Waals surface area contributed by atoms with E-state index >= 15 is 0 Å². The van der Waals surface area contributed by atoms with E-state index in [4.69, 9.17) is 23.2 Å². The SMILES string of the molecule is CN(C)/N=C1\C(=O)Nc2c(Cl)ccc(Cl)c21. The van der Waals surface area contributed by atoms with Gasteiger partial charge < -0.3 is 10.3 Å². The molecule has 0 aromatic heterocycles. The molecule has 1 N–H and O–H groups in total. The van der Waals surface area contributed by atoms with Gasteiger partial charge in [-0.1, -0.05) is 23.2 Å². The Morgan fingerprint density at radius 1 is 1.25 bits per heavy atom. The maximum absolute atomic E-state index is 11.7. The van der Waals surface area contributed by atoms with Crippen LogP contribution in [0.2, 0.25) is 10.0 Å². The van der Waals surface area contributed by atoms with Crippen molar-refractivity contribution in [2.45, 2.75) is 0 Å². The molecule has 0 atom stereocenters. The number of rotatable bonds is 1. The molecule has 2 rings (SSSR count). The average molecular weight is 258 g/mol. The average Bonchev–Trinajstić information content (AvgIpc) is 2.51. The van der Waals surface area contributed by atoms with Gasteiger partial charge in [0.15, 0.2) is 5.71 Å². The molecular weight excluding hydrogens is 249 g/mol. The highest BCUT2D eigenvalue weighted by Crippen LogP contribution is 2.36. The minimum absolute atomic E-state index is 0.285. The van der Waals surface area contributed by atoms with Gasteiger partial charge in [-0.2, -0.15) is 5.10 Å². The van der Waals surface area contributed by atoms with Gasteiger partial charge in [0.05, 0.1) is 21.3 Å². The molecule has 0 radical (unpaired) electrons. The Balaban J connectivity index is 2.65. The molecule has 0 fully saturated rings. The van der Waals surface area contributed by atoms with E-state index in [1.54, 1.807) is 31.2 Å². The molecule has 1 aromatic carbocycles. The largest absolute Gasteiger partial charge is 0.319 e. The van der Waals surface area contributed by atoms with Crippen LogP contribution < -0.4 is 5.32 Å². The van der Waals surface area contributed by atoms with Gasteiger partial charge in [0.2, 0.25) is 0 Å². The lowest BCUT2D eigenvalue weighted by atomic mass is 10.1. The van der Waals surface area contributed by atoms with Crippen LogP contribution in [-0.2, 0) is 4.79 Å². The second-order valence-electron chi connectivity index (χ2n) is 3.53. The van der Waals surface area contributed by atoms with Crippen LogP contribution >= 0.6 is 23.2 Å². The number of hydrogen-bond acceptors (Lipinski definition) is 3. The number of hydrogen-bond donors (Lipinski definition) is 1.